The fraction of sp³-hybridized carbons (Fsp3) is 0.167. The van der Waals surface area contributed by atoms with E-state index in [1.807, 2.05) is 31.2 Å². The lowest BCUT2D eigenvalue weighted by Gasteiger charge is -2.10. The molecular weight excluding hydrogens is 409 g/mol. The van der Waals surface area contributed by atoms with E-state index in [0.717, 1.165) is 23.9 Å². The van der Waals surface area contributed by atoms with Crippen LogP contribution in [0, 0.1) is 10.5 Å². The lowest BCUT2D eigenvalue weighted by atomic mass is 10.1. The van der Waals surface area contributed by atoms with E-state index in [1.54, 1.807) is 0 Å². The van der Waals surface area contributed by atoms with Crippen LogP contribution < -0.4 is 0 Å². The third kappa shape index (κ3) is 3.10. The van der Waals surface area contributed by atoms with Crippen LogP contribution in [0.3, 0.4) is 0 Å². The summed E-state index contributed by atoms with van der Waals surface area (Å²) < 4.78 is 1.90. The van der Waals surface area contributed by atoms with Crippen LogP contribution in [0.15, 0.2) is 24.3 Å². The minimum absolute atomic E-state index is 0.197. The summed E-state index contributed by atoms with van der Waals surface area (Å²) in [5, 5.41) is 0.502. The van der Waals surface area contributed by atoms with Gasteiger partial charge in [-0.3, -0.25) is 0 Å². The number of aryl methyl sites for hydroxylation is 1. The van der Waals surface area contributed by atoms with Gasteiger partial charge in [-0.2, -0.15) is 0 Å². The Kier molecular flexibility index (Phi) is 4.64. The molecule has 0 saturated carbocycles. The van der Waals surface area contributed by atoms with Gasteiger partial charge in [0.1, 0.15) is 0 Å². The van der Waals surface area contributed by atoms with Gasteiger partial charge in [-0.05, 0) is 64.9 Å². The van der Waals surface area contributed by atoms with Gasteiger partial charge in [0.2, 0.25) is 0 Å². The Morgan fingerprint density at radius 3 is 2.53 bits per heavy atom. The van der Waals surface area contributed by atoms with Gasteiger partial charge in [0.25, 0.3) is 0 Å². The average Bonchev–Trinajstić information content (AvgIpc) is 2.62. The molecule has 1 atom stereocenters. The summed E-state index contributed by atoms with van der Waals surface area (Å²) >= 11 is 22.3. The molecule has 5 heteroatoms. The van der Waals surface area contributed by atoms with Crippen molar-refractivity contribution in [3.8, 4) is 0 Å². The number of hydrogen-bond acceptors (Lipinski definition) is 1. The third-order valence-electron chi connectivity index (χ3n) is 2.36. The zero-order chi connectivity index (χ0) is 12.6. The Morgan fingerprint density at radius 1 is 1.24 bits per heavy atom. The lowest BCUT2D eigenvalue weighted by Crippen LogP contribution is -1.93. The number of hydrogen-bond donors (Lipinski definition) is 0. The van der Waals surface area contributed by atoms with E-state index in [4.69, 9.17) is 34.8 Å². The highest BCUT2D eigenvalue weighted by atomic mass is 127. The van der Waals surface area contributed by atoms with E-state index < -0.39 is 0 Å². The molecule has 0 spiro atoms. The topological polar surface area (TPSA) is 0 Å². The molecule has 1 unspecified atom stereocenters. The molecule has 0 fully saturated rings. The van der Waals surface area contributed by atoms with Crippen LogP contribution in [-0.4, -0.2) is 0 Å². The van der Waals surface area contributed by atoms with Crippen molar-refractivity contribution >= 4 is 68.7 Å². The fourth-order valence-corrected chi connectivity index (χ4v) is 4.07. The molecule has 2 rings (SSSR count). The van der Waals surface area contributed by atoms with Crippen molar-refractivity contribution in [2.45, 2.75) is 12.3 Å². The molecule has 0 radical (unpaired) electrons. The van der Waals surface area contributed by atoms with Gasteiger partial charge in [0.05, 0.1) is 9.71 Å². The van der Waals surface area contributed by atoms with E-state index in [-0.39, 0.29) is 5.38 Å². The average molecular weight is 418 g/mol. The van der Waals surface area contributed by atoms with Crippen molar-refractivity contribution in [2.75, 3.05) is 0 Å². The SMILES string of the molecule is Cc1cc(C(Cl)c2cc(Cl)ccc2I)sc1Cl. The normalized spacial score (nSPS) is 12.8. The number of thiophene rings is 1. The Labute approximate surface area is 133 Å². The van der Waals surface area contributed by atoms with Crippen LogP contribution >= 0.6 is 68.7 Å². The summed E-state index contributed by atoms with van der Waals surface area (Å²) in [5.41, 5.74) is 2.09. The summed E-state index contributed by atoms with van der Waals surface area (Å²) in [6.07, 6.45) is 0. The molecule has 0 nitrogen and oxygen atoms in total. The van der Waals surface area contributed by atoms with Crippen LogP contribution in [0.4, 0.5) is 0 Å². The first-order valence-electron chi connectivity index (χ1n) is 4.84. The molecule has 0 N–H and O–H groups in total. The van der Waals surface area contributed by atoms with Crippen LogP contribution in [0.5, 0.6) is 0 Å². The first kappa shape index (κ1) is 13.9. The number of benzene rings is 1. The predicted octanol–water partition coefficient (Wildman–Crippen LogP) is 6.30. The quantitative estimate of drug-likeness (QED) is 0.398. The molecule has 0 saturated heterocycles. The maximum atomic E-state index is 6.48. The highest BCUT2D eigenvalue weighted by Crippen LogP contribution is 2.39. The van der Waals surface area contributed by atoms with Crippen LogP contribution in [-0.2, 0) is 0 Å². The summed E-state index contributed by atoms with van der Waals surface area (Å²) in [6, 6.07) is 7.77. The van der Waals surface area contributed by atoms with Gasteiger partial charge in [-0.1, -0.05) is 23.2 Å². The second kappa shape index (κ2) is 5.66. The van der Waals surface area contributed by atoms with Gasteiger partial charge in [0.15, 0.2) is 0 Å². The summed E-state index contributed by atoms with van der Waals surface area (Å²) in [4.78, 5) is 1.05. The largest absolute Gasteiger partial charge is 0.126 e. The molecule has 0 aliphatic heterocycles. The molecule has 2 aromatic rings. The van der Waals surface area contributed by atoms with Gasteiger partial charge < -0.3 is 0 Å². The lowest BCUT2D eigenvalue weighted by molar-refractivity contribution is 1.16. The monoisotopic (exact) mass is 416 g/mol. The summed E-state index contributed by atoms with van der Waals surface area (Å²) in [7, 11) is 0. The van der Waals surface area contributed by atoms with E-state index in [1.165, 1.54) is 11.3 Å². The molecule has 0 amide bonds. The third-order valence-corrected chi connectivity index (χ3v) is 5.79. The zero-order valence-electron chi connectivity index (χ0n) is 8.81. The predicted molar refractivity (Wildman–Crippen MR) is 85.9 cm³/mol. The molecule has 1 heterocycles. The van der Waals surface area contributed by atoms with Crippen molar-refractivity contribution < 1.29 is 0 Å². The Balaban J connectivity index is 2.42. The molecule has 90 valence electrons. The highest BCUT2D eigenvalue weighted by molar-refractivity contribution is 14.1. The van der Waals surface area contributed by atoms with Crippen LogP contribution in [0.1, 0.15) is 21.4 Å². The maximum Gasteiger partial charge on any atom is 0.0960 e. The van der Waals surface area contributed by atoms with Gasteiger partial charge in [0, 0.05) is 13.5 Å². The summed E-state index contributed by atoms with van der Waals surface area (Å²) in [6.45, 7) is 1.98. The van der Waals surface area contributed by atoms with E-state index in [9.17, 15) is 0 Å². The maximum absolute atomic E-state index is 6.48. The molecule has 0 aliphatic carbocycles. The first-order chi connectivity index (χ1) is 7.99. The smallest absolute Gasteiger partial charge is 0.0960 e. The molecule has 0 bridgehead atoms. The molecule has 1 aromatic carbocycles. The molecular formula is C12H8Cl3IS. The van der Waals surface area contributed by atoms with Crippen molar-refractivity contribution in [3.05, 3.63) is 53.2 Å². The van der Waals surface area contributed by atoms with Crippen molar-refractivity contribution in [3.63, 3.8) is 0 Å². The van der Waals surface area contributed by atoms with Crippen LogP contribution in [0.25, 0.3) is 0 Å². The fourth-order valence-electron chi connectivity index (χ4n) is 1.47. The zero-order valence-corrected chi connectivity index (χ0v) is 14.0. The molecule has 0 aliphatic rings. The number of alkyl halides is 1. The van der Waals surface area contributed by atoms with E-state index >= 15 is 0 Å². The van der Waals surface area contributed by atoms with E-state index in [2.05, 4.69) is 22.6 Å². The Hall–Kier alpha value is 0.520. The second-order valence-electron chi connectivity index (χ2n) is 3.63. The minimum Gasteiger partial charge on any atom is -0.126 e. The standard InChI is InChI=1S/C12H8Cl3IS/c1-6-4-10(17-12(6)15)11(14)8-5-7(13)2-3-9(8)16/h2-5,11H,1H3. The molecule has 1 aromatic heterocycles. The minimum atomic E-state index is -0.197. The van der Waals surface area contributed by atoms with Crippen molar-refractivity contribution in [1.82, 2.24) is 0 Å². The van der Waals surface area contributed by atoms with Crippen LogP contribution in [0.2, 0.25) is 9.36 Å². The first-order valence-corrected chi connectivity index (χ1v) is 7.92. The van der Waals surface area contributed by atoms with Crippen molar-refractivity contribution in [2.24, 2.45) is 0 Å². The number of rotatable bonds is 2. The second-order valence-corrected chi connectivity index (χ2v) is 7.35. The Bertz CT molecular complexity index is 531. The van der Waals surface area contributed by atoms with Gasteiger partial charge in [-0.25, -0.2) is 0 Å². The Morgan fingerprint density at radius 2 is 1.94 bits per heavy atom. The summed E-state index contributed by atoms with van der Waals surface area (Å²) in [5.74, 6) is 0. The van der Waals surface area contributed by atoms with E-state index in [0.29, 0.717) is 5.02 Å². The van der Waals surface area contributed by atoms with Crippen molar-refractivity contribution in [1.29, 1.82) is 0 Å². The highest BCUT2D eigenvalue weighted by Gasteiger charge is 2.17. The van der Waals surface area contributed by atoms with Gasteiger partial charge in [-0.15, -0.1) is 22.9 Å². The molecule has 17 heavy (non-hydrogen) atoms. The number of halogens is 4. The van der Waals surface area contributed by atoms with Gasteiger partial charge >= 0.3 is 0 Å².